The van der Waals surface area contributed by atoms with Gasteiger partial charge >= 0.3 is 12.4 Å². The molecule has 0 saturated heterocycles. The number of allylic oxidation sites excluding steroid dienone is 2. The molecule has 0 bridgehead atoms. The van der Waals surface area contributed by atoms with Gasteiger partial charge in [-0.05, 0) is 0 Å². The molecule has 0 aliphatic rings. The maximum absolute atomic E-state index is 8.84. The molecule has 12 heavy (non-hydrogen) atoms. The van der Waals surface area contributed by atoms with Gasteiger partial charge in [0, 0.05) is 12.8 Å². The van der Waals surface area contributed by atoms with Crippen LogP contribution in [0.5, 0.6) is 0 Å². The lowest BCUT2D eigenvalue weighted by atomic mass is 10.2. The number of diazo groups is 2. The first-order valence-electron chi connectivity index (χ1n) is 3.15. The second kappa shape index (κ2) is 5.69. The standard InChI is InChI=1S/C6H6N4O2/c7-9-3-5(11)1-2-6(12)4-10-8/h3-4H,1-2H2/p+2/b5-3-,6-4-. The highest BCUT2D eigenvalue weighted by atomic mass is 16.3. The molecule has 0 aliphatic heterocycles. The van der Waals surface area contributed by atoms with E-state index in [1.807, 2.05) is 0 Å². The molecule has 0 aromatic rings. The largest absolute Gasteiger partial charge is 0.505 e. The molecule has 0 rings (SSSR count). The number of aliphatic hydroxyl groups excluding tert-OH is 2. The van der Waals surface area contributed by atoms with E-state index in [2.05, 4.69) is 9.95 Å². The van der Waals surface area contributed by atoms with E-state index in [1.165, 1.54) is 0 Å². The summed E-state index contributed by atoms with van der Waals surface area (Å²) in [7, 11) is 0. The average molecular weight is 168 g/mol. The topological polar surface area (TPSA) is 96.8 Å². The fourth-order valence-electron chi connectivity index (χ4n) is 0.519. The van der Waals surface area contributed by atoms with Crippen LogP contribution >= 0.6 is 0 Å². The second-order valence-corrected chi connectivity index (χ2v) is 1.97. The van der Waals surface area contributed by atoms with Gasteiger partial charge in [-0.3, -0.25) is 0 Å². The maximum Gasteiger partial charge on any atom is 0.387 e. The van der Waals surface area contributed by atoms with Crippen molar-refractivity contribution in [2.45, 2.75) is 12.8 Å². The van der Waals surface area contributed by atoms with E-state index < -0.39 is 0 Å². The van der Waals surface area contributed by atoms with Gasteiger partial charge in [0.15, 0.2) is 21.5 Å². The molecule has 2 N–H and O–H groups in total. The summed E-state index contributed by atoms with van der Waals surface area (Å²) in [4.78, 5) is 5.15. The van der Waals surface area contributed by atoms with Gasteiger partial charge in [0.25, 0.3) is 0 Å². The van der Waals surface area contributed by atoms with Gasteiger partial charge in [-0.15, -0.1) is 0 Å². The van der Waals surface area contributed by atoms with Crippen LogP contribution in [0.25, 0.3) is 9.95 Å². The molecule has 0 unspecified atom stereocenters. The minimum atomic E-state index is -0.171. The molecular weight excluding hydrogens is 160 g/mol. The van der Waals surface area contributed by atoms with E-state index in [-0.39, 0.29) is 24.4 Å². The molecular formula is C6H8N4O2+2. The average Bonchev–Trinajstić information content (AvgIpc) is 2.02. The van der Waals surface area contributed by atoms with Crippen LogP contribution in [-0.2, 0) is 0 Å². The Kier molecular flexibility index (Phi) is 4.70. The molecule has 0 aromatic heterocycles. The van der Waals surface area contributed by atoms with Gasteiger partial charge in [0.05, 0.1) is 0 Å². The van der Waals surface area contributed by atoms with Crippen LogP contribution in [0.2, 0.25) is 0 Å². The molecule has 0 radical (unpaired) electrons. The Morgan fingerprint density at radius 3 is 1.58 bits per heavy atom. The Morgan fingerprint density at radius 1 is 1.00 bits per heavy atom. The zero-order valence-corrected chi connectivity index (χ0v) is 6.25. The summed E-state index contributed by atoms with van der Waals surface area (Å²) in [6, 6.07) is 0. The molecule has 6 heteroatoms. The Labute approximate surface area is 68.7 Å². The van der Waals surface area contributed by atoms with Gasteiger partial charge in [-0.25, -0.2) is 0 Å². The molecule has 0 spiro atoms. The Morgan fingerprint density at radius 2 is 1.33 bits per heavy atom. The monoisotopic (exact) mass is 168 g/mol. The fourth-order valence-corrected chi connectivity index (χ4v) is 0.519. The molecule has 6 nitrogen and oxygen atoms in total. The normalized spacial score (nSPS) is 11.8. The highest BCUT2D eigenvalue weighted by Gasteiger charge is 2.04. The quantitative estimate of drug-likeness (QED) is 0.498. The van der Waals surface area contributed by atoms with Crippen LogP contribution in [0.4, 0.5) is 0 Å². The van der Waals surface area contributed by atoms with Crippen molar-refractivity contribution in [1.82, 2.24) is 0 Å². The number of nitrogens with zero attached hydrogens (tertiary/aromatic N) is 4. The third-order valence-electron chi connectivity index (χ3n) is 1.05. The Hall–Kier alpha value is -2.08. The highest BCUT2D eigenvalue weighted by Crippen LogP contribution is 2.07. The zero-order chi connectivity index (χ0) is 9.40. The van der Waals surface area contributed by atoms with Crippen molar-refractivity contribution in [2.24, 2.45) is 0 Å². The third-order valence-corrected chi connectivity index (χ3v) is 1.05. The maximum atomic E-state index is 8.84. The zero-order valence-electron chi connectivity index (χ0n) is 6.25. The predicted molar refractivity (Wildman–Crippen MR) is 40.8 cm³/mol. The van der Waals surface area contributed by atoms with Crippen molar-refractivity contribution in [3.8, 4) is 0 Å². The minimum Gasteiger partial charge on any atom is -0.505 e. The van der Waals surface area contributed by atoms with Crippen molar-refractivity contribution >= 4 is 0 Å². The lowest BCUT2D eigenvalue weighted by molar-refractivity contribution is 0.351. The van der Waals surface area contributed by atoms with E-state index >= 15 is 0 Å². The summed E-state index contributed by atoms with van der Waals surface area (Å²) in [5.74, 6) is -0.342. The SMILES string of the molecule is N#[N+]/C=C(\O)CC/C(O)=C/[N+]#N. The van der Waals surface area contributed by atoms with Crippen molar-refractivity contribution in [3.63, 3.8) is 0 Å². The molecule has 0 atom stereocenters. The van der Waals surface area contributed by atoms with Gasteiger partial charge in [0.1, 0.15) is 0 Å². The van der Waals surface area contributed by atoms with Gasteiger partial charge in [-0.2, -0.15) is 0 Å². The molecule has 0 amide bonds. The predicted octanol–water partition coefficient (Wildman–Crippen LogP) is 2.27. The van der Waals surface area contributed by atoms with E-state index in [0.717, 1.165) is 12.4 Å². The number of aliphatic hydroxyl groups is 2. The van der Waals surface area contributed by atoms with Crippen molar-refractivity contribution in [2.75, 3.05) is 0 Å². The smallest absolute Gasteiger partial charge is 0.387 e. The number of rotatable bonds is 3. The van der Waals surface area contributed by atoms with Gasteiger partial charge in [-0.1, -0.05) is 0 Å². The number of hydrogen-bond donors (Lipinski definition) is 2. The fraction of sp³-hybridized carbons (Fsp3) is 0.333. The summed E-state index contributed by atoms with van der Waals surface area (Å²) in [6.45, 7) is 0. The first-order valence-corrected chi connectivity index (χ1v) is 3.15. The Bertz CT molecular complexity index is 251. The Balaban J connectivity index is 3.88. The van der Waals surface area contributed by atoms with Crippen LogP contribution in [0.3, 0.4) is 0 Å². The van der Waals surface area contributed by atoms with E-state index in [9.17, 15) is 0 Å². The first kappa shape index (κ1) is 9.92. The summed E-state index contributed by atoms with van der Waals surface area (Å²) < 4.78 is 0. The summed E-state index contributed by atoms with van der Waals surface area (Å²) >= 11 is 0. The van der Waals surface area contributed by atoms with Gasteiger partial charge in [0.2, 0.25) is 10.8 Å². The summed E-state index contributed by atoms with van der Waals surface area (Å²) in [6.07, 6.45) is 1.93. The second-order valence-electron chi connectivity index (χ2n) is 1.97. The highest BCUT2D eigenvalue weighted by molar-refractivity contribution is 5.01. The molecule has 0 aromatic carbocycles. The van der Waals surface area contributed by atoms with Crippen LogP contribution in [0.1, 0.15) is 12.8 Å². The van der Waals surface area contributed by atoms with E-state index in [1.54, 1.807) is 0 Å². The molecule has 62 valence electrons. The van der Waals surface area contributed by atoms with Crippen molar-refractivity contribution in [3.05, 3.63) is 33.9 Å². The van der Waals surface area contributed by atoms with Crippen LogP contribution in [0.15, 0.2) is 23.9 Å². The number of hydrogen-bond acceptors (Lipinski definition) is 4. The lowest BCUT2D eigenvalue weighted by Gasteiger charge is -1.90. The molecule has 0 saturated carbocycles. The summed E-state index contributed by atoms with van der Waals surface area (Å²) in [5.41, 5.74) is 0. The van der Waals surface area contributed by atoms with Crippen molar-refractivity contribution < 1.29 is 10.2 Å². The molecule has 0 fully saturated rings. The van der Waals surface area contributed by atoms with E-state index in [0.29, 0.717) is 0 Å². The van der Waals surface area contributed by atoms with Gasteiger partial charge < -0.3 is 10.2 Å². The first-order chi connectivity index (χ1) is 5.70. The summed E-state index contributed by atoms with van der Waals surface area (Å²) in [5, 5.41) is 33.6. The van der Waals surface area contributed by atoms with Crippen LogP contribution in [0, 0.1) is 10.8 Å². The van der Waals surface area contributed by atoms with Crippen LogP contribution < -0.4 is 0 Å². The van der Waals surface area contributed by atoms with Crippen molar-refractivity contribution in [1.29, 1.82) is 10.8 Å². The third kappa shape index (κ3) is 4.77. The molecule has 0 heterocycles. The van der Waals surface area contributed by atoms with Crippen LogP contribution in [-0.4, -0.2) is 10.2 Å². The van der Waals surface area contributed by atoms with E-state index in [4.69, 9.17) is 21.0 Å². The lowest BCUT2D eigenvalue weighted by Crippen LogP contribution is -1.84. The minimum absolute atomic E-state index is 0.113. The molecule has 0 aliphatic carbocycles.